The number of ether oxygens (including phenoxy) is 1. The molecule has 8 nitrogen and oxygen atoms in total. The van der Waals surface area contributed by atoms with Crippen LogP contribution in [0.2, 0.25) is 0 Å². The number of nitrogens with one attached hydrogen (secondary N) is 1. The van der Waals surface area contributed by atoms with E-state index >= 15 is 0 Å². The van der Waals surface area contributed by atoms with E-state index in [0.29, 0.717) is 29.5 Å². The molecule has 0 atom stereocenters. The summed E-state index contributed by atoms with van der Waals surface area (Å²) in [6.07, 6.45) is 1.67. The largest absolute Gasteiger partial charge is 0.452 e. The Morgan fingerprint density at radius 3 is 2.39 bits per heavy atom. The van der Waals surface area contributed by atoms with Crippen molar-refractivity contribution in [3.63, 3.8) is 0 Å². The minimum atomic E-state index is -3.57. The van der Waals surface area contributed by atoms with Gasteiger partial charge in [0.2, 0.25) is 10.0 Å². The highest BCUT2D eigenvalue weighted by molar-refractivity contribution is 7.89. The van der Waals surface area contributed by atoms with E-state index in [2.05, 4.69) is 10.3 Å². The van der Waals surface area contributed by atoms with Crippen LogP contribution in [0.15, 0.2) is 58.8 Å². The van der Waals surface area contributed by atoms with E-state index in [4.69, 9.17) is 4.74 Å². The van der Waals surface area contributed by atoms with Crippen molar-refractivity contribution in [2.75, 3.05) is 25.0 Å². The van der Waals surface area contributed by atoms with Crippen LogP contribution >= 0.6 is 11.3 Å². The van der Waals surface area contributed by atoms with Gasteiger partial charge in [0.1, 0.15) is 5.82 Å². The number of nitrogens with zero attached hydrogens (tertiary/aromatic N) is 2. The van der Waals surface area contributed by atoms with Gasteiger partial charge in [-0.3, -0.25) is 10.1 Å². The summed E-state index contributed by atoms with van der Waals surface area (Å²) in [4.78, 5) is 28.7. The Morgan fingerprint density at radius 1 is 1.06 bits per heavy atom. The minimum Gasteiger partial charge on any atom is -0.452 e. The van der Waals surface area contributed by atoms with E-state index < -0.39 is 28.5 Å². The van der Waals surface area contributed by atoms with Gasteiger partial charge < -0.3 is 4.74 Å². The fraction of sp³-hybridized carbons (Fsp3) is 0.227. The van der Waals surface area contributed by atoms with Crippen LogP contribution < -0.4 is 5.32 Å². The lowest BCUT2D eigenvalue weighted by molar-refractivity contribution is -0.119. The number of anilines is 1. The number of carbonyl (C=O) groups is 2. The van der Waals surface area contributed by atoms with Gasteiger partial charge in [-0.05, 0) is 61.4 Å². The van der Waals surface area contributed by atoms with Gasteiger partial charge in [0.15, 0.2) is 11.7 Å². The maximum absolute atomic E-state index is 13.0. The zero-order valence-corrected chi connectivity index (χ0v) is 19.0. The molecular weight excluding hydrogens is 469 g/mol. The number of carbonyl (C=O) groups excluding carboxylic acids is 2. The second kappa shape index (κ2) is 9.77. The SMILES string of the molecule is O=C(COC(=O)c1ccc(S(=O)(=O)N2CCCC2)cc1)Nc1nc(-c2ccc(F)cc2)cs1. The number of amides is 1. The molecule has 1 amide bonds. The third-order valence-electron chi connectivity index (χ3n) is 5.02. The molecule has 1 fully saturated rings. The van der Waals surface area contributed by atoms with Crippen molar-refractivity contribution in [2.45, 2.75) is 17.7 Å². The Labute approximate surface area is 194 Å². The summed E-state index contributed by atoms with van der Waals surface area (Å²) in [5.74, 6) is -1.68. The van der Waals surface area contributed by atoms with Crippen LogP contribution in [0.1, 0.15) is 23.2 Å². The third kappa shape index (κ3) is 5.44. The maximum atomic E-state index is 13.0. The van der Waals surface area contributed by atoms with E-state index in [0.717, 1.165) is 12.8 Å². The average Bonchev–Trinajstić information content (AvgIpc) is 3.51. The average molecular weight is 490 g/mol. The van der Waals surface area contributed by atoms with Crippen LogP contribution in [0.5, 0.6) is 0 Å². The fourth-order valence-electron chi connectivity index (χ4n) is 3.29. The molecule has 1 aliphatic heterocycles. The Morgan fingerprint density at radius 2 is 1.73 bits per heavy atom. The quantitative estimate of drug-likeness (QED) is 0.509. The molecular formula is C22H20FN3O5S2. The minimum absolute atomic E-state index is 0.111. The summed E-state index contributed by atoms with van der Waals surface area (Å²) in [5, 5.41) is 4.57. The molecule has 33 heavy (non-hydrogen) atoms. The number of sulfonamides is 1. The molecule has 1 aliphatic rings. The Kier molecular flexibility index (Phi) is 6.82. The zero-order valence-electron chi connectivity index (χ0n) is 17.4. The lowest BCUT2D eigenvalue weighted by atomic mass is 10.2. The summed E-state index contributed by atoms with van der Waals surface area (Å²) in [6.45, 7) is 0.454. The Hall–Kier alpha value is -3.15. The summed E-state index contributed by atoms with van der Waals surface area (Å²) >= 11 is 1.18. The van der Waals surface area contributed by atoms with Crippen LogP contribution in [-0.2, 0) is 19.6 Å². The summed E-state index contributed by atoms with van der Waals surface area (Å²) in [6, 6.07) is 11.2. The zero-order chi connectivity index (χ0) is 23.4. The summed E-state index contributed by atoms with van der Waals surface area (Å²) in [7, 11) is -3.57. The van der Waals surface area contributed by atoms with Crippen molar-refractivity contribution in [3.8, 4) is 11.3 Å². The van der Waals surface area contributed by atoms with Gasteiger partial charge in [-0.1, -0.05) is 0 Å². The van der Waals surface area contributed by atoms with Gasteiger partial charge in [-0.15, -0.1) is 11.3 Å². The molecule has 2 aromatic carbocycles. The highest BCUT2D eigenvalue weighted by Gasteiger charge is 2.27. The van der Waals surface area contributed by atoms with Gasteiger partial charge in [0.05, 0.1) is 16.2 Å². The van der Waals surface area contributed by atoms with Gasteiger partial charge in [0, 0.05) is 24.0 Å². The van der Waals surface area contributed by atoms with Crippen LogP contribution in [0.25, 0.3) is 11.3 Å². The smallest absolute Gasteiger partial charge is 0.338 e. The number of benzene rings is 2. The molecule has 2 heterocycles. The normalized spacial score (nSPS) is 14.2. The van der Waals surface area contributed by atoms with E-state index in [-0.39, 0.29) is 16.3 Å². The molecule has 11 heteroatoms. The van der Waals surface area contributed by atoms with Crippen molar-refractivity contribution < 1.29 is 27.1 Å². The van der Waals surface area contributed by atoms with E-state index in [1.807, 2.05) is 0 Å². The first-order valence-corrected chi connectivity index (χ1v) is 12.4. The molecule has 0 radical (unpaired) electrons. The van der Waals surface area contributed by atoms with E-state index in [1.54, 1.807) is 17.5 Å². The number of esters is 1. The highest BCUT2D eigenvalue weighted by atomic mass is 32.2. The standard InChI is InChI=1S/C22H20FN3O5S2/c23-17-7-3-15(4-8-17)19-14-32-22(24-19)25-20(27)13-31-21(28)16-5-9-18(10-6-16)33(29,30)26-11-1-2-12-26/h3-10,14H,1-2,11-13H2,(H,24,25,27). The monoisotopic (exact) mass is 489 g/mol. The molecule has 4 rings (SSSR count). The second-order valence-electron chi connectivity index (χ2n) is 7.30. The molecule has 1 aromatic heterocycles. The van der Waals surface area contributed by atoms with Crippen LogP contribution in [0, 0.1) is 5.82 Å². The van der Waals surface area contributed by atoms with Crippen LogP contribution in [0.3, 0.4) is 0 Å². The molecule has 0 bridgehead atoms. The second-order valence-corrected chi connectivity index (χ2v) is 10.1. The number of thiazole rings is 1. The third-order valence-corrected chi connectivity index (χ3v) is 7.69. The lowest BCUT2D eigenvalue weighted by Crippen LogP contribution is -2.27. The van der Waals surface area contributed by atoms with Crippen molar-refractivity contribution >= 4 is 38.4 Å². The number of aromatic nitrogens is 1. The summed E-state index contributed by atoms with van der Waals surface area (Å²) < 4.78 is 44.6. The van der Waals surface area contributed by atoms with Crippen molar-refractivity contribution in [1.82, 2.24) is 9.29 Å². The number of rotatable bonds is 7. The van der Waals surface area contributed by atoms with Gasteiger partial charge in [-0.2, -0.15) is 4.31 Å². The maximum Gasteiger partial charge on any atom is 0.338 e. The highest BCUT2D eigenvalue weighted by Crippen LogP contribution is 2.25. The first kappa shape index (κ1) is 23.0. The number of hydrogen-bond acceptors (Lipinski definition) is 7. The first-order valence-electron chi connectivity index (χ1n) is 10.1. The topological polar surface area (TPSA) is 106 Å². The lowest BCUT2D eigenvalue weighted by Gasteiger charge is -2.15. The van der Waals surface area contributed by atoms with Crippen LogP contribution in [-0.4, -0.2) is 49.3 Å². The van der Waals surface area contributed by atoms with Crippen molar-refractivity contribution in [1.29, 1.82) is 0 Å². The molecule has 1 saturated heterocycles. The molecule has 172 valence electrons. The van der Waals surface area contributed by atoms with Crippen molar-refractivity contribution in [2.24, 2.45) is 0 Å². The first-order chi connectivity index (χ1) is 15.8. The van der Waals surface area contributed by atoms with Gasteiger partial charge >= 0.3 is 5.97 Å². The van der Waals surface area contributed by atoms with E-state index in [1.165, 1.54) is 52.0 Å². The molecule has 3 aromatic rings. The van der Waals surface area contributed by atoms with Crippen LogP contribution in [0.4, 0.5) is 9.52 Å². The predicted octanol–water partition coefficient (Wildman–Crippen LogP) is 3.53. The number of hydrogen-bond donors (Lipinski definition) is 1. The van der Waals surface area contributed by atoms with Crippen molar-refractivity contribution in [3.05, 3.63) is 65.3 Å². The molecule has 0 saturated carbocycles. The fourth-order valence-corrected chi connectivity index (χ4v) is 5.55. The number of halogens is 1. The Balaban J connectivity index is 1.30. The molecule has 0 spiro atoms. The molecule has 0 aliphatic carbocycles. The Bertz CT molecular complexity index is 1250. The molecule has 0 unspecified atom stereocenters. The molecule has 1 N–H and O–H groups in total. The predicted molar refractivity (Wildman–Crippen MR) is 121 cm³/mol. The van der Waals surface area contributed by atoms with Gasteiger partial charge in [0.25, 0.3) is 5.91 Å². The summed E-state index contributed by atoms with van der Waals surface area (Å²) in [5.41, 5.74) is 1.42. The van der Waals surface area contributed by atoms with Gasteiger partial charge in [-0.25, -0.2) is 22.6 Å². The van der Waals surface area contributed by atoms with E-state index in [9.17, 15) is 22.4 Å².